The molecule has 0 atom stereocenters. The summed E-state index contributed by atoms with van der Waals surface area (Å²) in [5.74, 6) is -0.145. The molecule has 132 valence electrons. The summed E-state index contributed by atoms with van der Waals surface area (Å²) >= 11 is 0. The highest BCUT2D eigenvalue weighted by atomic mass is 19.1. The quantitative estimate of drug-likeness (QED) is 0.822. The molecular formula is C20H24FN3O. The first-order chi connectivity index (χ1) is 12.1. The number of halogens is 1. The van der Waals surface area contributed by atoms with Gasteiger partial charge in [-0.3, -0.25) is 9.69 Å². The summed E-state index contributed by atoms with van der Waals surface area (Å²) < 4.78 is 13.0. The van der Waals surface area contributed by atoms with Gasteiger partial charge >= 0.3 is 0 Å². The van der Waals surface area contributed by atoms with Crippen molar-refractivity contribution in [3.8, 4) is 0 Å². The van der Waals surface area contributed by atoms with Gasteiger partial charge in [-0.2, -0.15) is 0 Å². The van der Waals surface area contributed by atoms with Gasteiger partial charge in [-0.1, -0.05) is 24.3 Å². The highest BCUT2D eigenvalue weighted by molar-refractivity contribution is 5.79. The number of carbonyl (C=O) groups is 1. The number of hydrogen-bond donors (Lipinski definition) is 2. The van der Waals surface area contributed by atoms with E-state index in [4.69, 9.17) is 5.73 Å². The number of nitrogens with two attached hydrogens (primary N) is 1. The third-order valence-corrected chi connectivity index (χ3v) is 4.62. The van der Waals surface area contributed by atoms with Crippen LogP contribution in [0.3, 0.4) is 0 Å². The van der Waals surface area contributed by atoms with Crippen molar-refractivity contribution in [3.05, 3.63) is 65.5 Å². The fraction of sp³-hybridized carbons (Fsp3) is 0.350. The summed E-state index contributed by atoms with van der Waals surface area (Å²) in [5, 5.41) is 3.13. The lowest BCUT2D eigenvalue weighted by Crippen LogP contribution is -2.44. The van der Waals surface area contributed by atoms with Crippen molar-refractivity contribution in [3.63, 3.8) is 0 Å². The van der Waals surface area contributed by atoms with Crippen LogP contribution >= 0.6 is 0 Å². The van der Waals surface area contributed by atoms with Crippen LogP contribution in [0.4, 0.5) is 10.1 Å². The van der Waals surface area contributed by atoms with Crippen LogP contribution in [0.5, 0.6) is 0 Å². The Bertz CT molecular complexity index is 692. The molecule has 1 heterocycles. The second-order valence-electron chi connectivity index (χ2n) is 6.66. The summed E-state index contributed by atoms with van der Waals surface area (Å²) in [7, 11) is 0. The third-order valence-electron chi connectivity index (χ3n) is 4.62. The monoisotopic (exact) mass is 341 g/mol. The molecule has 0 aliphatic carbocycles. The number of nitrogen functional groups attached to an aromatic ring is 1. The fourth-order valence-corrected chi connectivity index (χ4v) is 3.18. The van der Waals surface area contributed by atoms with Crippen molar-refractivity contribution in [2.24, 2.45) is 0 Å². The van der Waals surface area contributed by atoms with Gasteiger partial charge in [0.1, 0.15) is 5.82 Å². The molecule has 4 nitrogen and oxygen atoms in total. The summed E-state index contributed by atoms with van der Waals surface area (Å²) in [5.41, 5.74) is 8.46. The van der Waals surface area contributed by atoms with E-state index < -0.39 is 0 Å². The lowest BCUT2D eigenvalue weighted by atomic mass is 10.0. The van der Waals surface area contributed by atoms with E-state index in [1.807, 2.05) is 36.4 Å². The molecule has 1 aliphatic rings. The van der Waals surface area contributed by atoms with E-state index in [9.17, 15) is 9.18 Å². The van der Waals surface area contributed by atoms with Crippen LogP contribution in [0, 0.1) is 5.82 Å². The van der Waals surface area contributed by atoms with Crippen molar-refractivity contribution in [1.29, 1.82) is 0 Å². The lowest BCUT2D eigenvalue weighted by Gasteiger charge is -2.32. The SMILES string of the molecule is Nc1ccc(CC(=O)NC2CCN(Cc3ccc(F)cc3)CC2)cc1. The minimum absolute atomic E-state index is 0.0572. The highest BCUT2D eigenvalue weighted by Crippen LogP contribution is 2.15. The number of hydrogen-bond acceptors (Lipinski definition) is 3. The number of nitrogens with zero attached hydrogens (tertiary/aromatic N) is 1. The van der Waals surface area contributed by atoms with Crippen molar-refractivity contribution in [2.75, 3.05) is 18.8 Å². The van der Waals surface area contributed by atoms with E-state index in [1.54, 1.807) is 0 Å². The Hall–Kier alpha value is -2.40. The summed E-state index contributed by atoms with van der Waals surface area (Å²) in [6.45, 7) is 2.70. The van der Waals surface area contributed by atoms with Gasteiger partial charge in [-0.25, -0.2) is 4.39 Å². The number of anilines is 1. The average Bonchev–Trinajstić information content (AvgIpc) is 2.61. The van der Waals surface area contributed by atoms with E-state index in [-0.39, 0.29) is 17.8 Å². The number of benzene rings is 2. The molecule has 0 spiro atoms. The number of piperidine rings is 1. The molecule has 1 aliphatic heterocycles. The van der Waals surface area contributed by atoms with E-state index in [1.165, 1.54) is 12.1 Å². The lowest BCUT2D eigenvalue weighted by molar-refractivity contribution is -0.121. The van der Waals surface area contributed by atoms with Crippen LogP contribution in [-0.2, 0) is 17.8 Å². The Morgan fingerprint density at radius 1 is 1.04 bits per heavy atom. The molecule has 2 aromatic carbocycles. The van der Waals surface area contributed by atoms with E-state index in [0.717, 1.165) is 43.6 Å². The average molecular weight is 341 g/mol. The molecule has 1 amide bonds. The first kappa shape index (κ1) is 17.4. The smallest absolute Gasteiger partial charge is 0.224 e. The van der Waals surface area contributed by atoms with Gasteiger partial charge in [0, 0.05) is 31.4 Å². The number of carbonyl (C=O) groups excluding carboxylic acids is 1. The van der Waals surface area contributed by atoms with Crippen LogP contribution in [0.1, 0.15) is 24.0 Å². The van der Waals surface area contributed by atoms with Crippen molar-refractivity contribution >= 4 is 11.6 Å². The van der Waals surface area contributed by atoms with Crippen molar-refractivity contribution in [2.45, 2.75) is 31.8 Å². The highest BCUT2D eigenvalue weighted by Gasteiger charge is 2.20. The van der Waals surface area contributed by atoms with Gasteiger partial charge in [0.05, 0.1) is 6.42 Å². The molecule has 1 fully saturated rings. The summed E-state index contributed by atoms with van der Waals surface area (Å²) in [6.07, 6.45) is 2.26. The number of nitrogens with one attached hydrogen (secondary N) is 1. The second-order valence-corrected chi connectivity index (χ2v) is 6.66. The molecule has 25 heavy (non-hydrogen) atoms. The van der Waals surface area contributed by atoms with Crippen LogP contribution in [0.25, 0.3) is 0 Å². The van der Waals surface area contributed by atoms with E-state index >= 15 is 0 Å². The maximum absolute atomic E-state index is 13.0. The fourth-order valence-electron chi connectivity index (χ4n) is 3.18. The van der Waals surface area contributed by atoms with Gasteiger partial charge in [0.2, 0.25) is 5.91 Å². The summed E-state index contributed by atoms with van der Waals surface area (Å²) in [6, 6.07) is 14.3. The van der Waals surface area contributed by atoms with Crippen molar-refractivity contribution in [1.82, 2.24) is 10.2 Å². The zero-order valence-corrected chi connectivity index (χ0v) is 14.2. The van der Waals surface area contributed by atoms with Gasteiger partial charge in [-0.05, 0) is 48.2 Å². The molecule has 0 saturated carbocycles. The molecule has 0 aromatic heterocycles. The van der Waals surface area contributed by atoms with Crippen LogP contribution in [-0.4, -0.2) is 29.9 Å². The van der Waals surface area contributed by atoms with Crippen LogP contribution in [0.2, 0.25) is 0 Å². The normalized spacial score (nSPS) is 15.9. The maximum Gasteiger partial charge on any atom is 0.224 e. The molecule has 0 bridgehead atoms. The van der Waals surface area contributed by atoms with Gasteiger partial charge in [-0.15, -0.1) is 0 Å². The Balaban J connectivity index is 1.42. The van der Waals surface area contributed by atoms with Crippen LogP contribution in [0.15, 0.2) is 48.5 Å². The third kappa shape index (κ3) is 5.29. The van der Waals surface area contributed by atoms with E-state index in [2.05, 4.69) is 10.2 Å². The second kappa shape index (κ2) is 8.12. The Morgan fingerprint density at radius 2 is 1.64 bits per heavy atom. The van der Waals surface area contributed by atoms with Gasteiger partial charge in [0.15, 0.2) is 0 Å². The van der Waals surface area contributed by atoms with Crippen molar-refractivity contribution < 1.29 is 9.18 Å². The predicted octanol–water partition coefficient (Wildman–Crippen LogP) is 2.73. The van der Waals surface area contributed by atoms with Gasteiger partial charge < -0.3 is 11.1 Å². The molecule has 0 unspecified atom stereocenters. The zero-order valence-electron chi connectivity index (χ0n) is 14.2. The zero-order chi connectivity index (χ0) is 17.6. The number of rotatable bonds is 5. The topological polar surface area (TPSA) is 58.4 Å². The molecular weight excluding hydrogens is 317 g/mol. The molecule has 1 saturated heterocycles. The standard InChI is InChI=1S/C20H24FN3O/c21-17-5-1-16(2-6-17)14-24-11-9-19(10-12-24)23-20(25)13-15-3-7-18(22)8-4-15/h1-8,19H,9-14,22H2,(H,23,25). The maximum atomic E-state index is 13.0. The Labute approximate surface area is 147 Å². The molecule has 5 heteroatoms. The number of amides is 1. The Kier molecular flexibility index (Phi) is 5.66. The first-order valence-corrected chi connectivity index (χ1v) is 8.69. The van der Waals surface area contributed by atoms with Crippen LogP contribution < -0.4 is 11.1 Å². The minimum Gasteiger partial charge on any atom is -0.399 e. The first-order valence-electron chi connectivity index (χ1n) is 8.69. The minimum atomic E-state index is -0.203. The molecule has 0 radical (unpaired) electrons. The van der Waals surface area contributed by atoms with Gasteiger partial charge in [0.25, 0.3) is 0 Å². The largest absolute Gasteiger partial charge is 0.399 e. The molecule has 2 aromatic rings. The molecule has 3 N–H and O–H groups in total. The van der Waals surface area contributed by atoms with E-state index in [0.29, 0.717) is 12.1 Å². The number of likely N-dealkylation sites (tertiary alicyclic amines) is 1. The molecule has 3 rings (SSSR count). The summed E-state index contributed by atoms with van der Waals surface area (Å²) in [4.78, 5) is 14.5. The Morgan fingerprint density at radius 3 is 2.28 bits per heavy atom. The predicted molar refractivity (Wildman–Crippen MR) is 97.4 cm³/mol.